The van der Waals surface area contributed by atoms with Gasteiger partial charge in [-0.25, -0.2) is 0 Å². The largest absolute Gasteiger partial charge is 0.504 e. The lowest BCUT2D eigenvalue weighted by atomic mass is 10.1. The Bertz CT molecular complexity index is 890. The molecule has 0 saturated heterocycles. The van der Waals surface area contributed by atoms with E-state index >= 15 is 0 Å². The highest BCUT2D eigenvalue weighted by molar-refractivity contribution is 7.99. The smallest absolute Gasteiger partial charge is 0.205 e. The van der Waals surface area contributed by atoms with E-state index < -0.39 is 28.8 Å². The van der Waals surface area contributed by atoms with Crippen molar-refractivity contribution in [2.75, 3.05) is 5.75 Å². The summed E-state index contributed by atoms with van der Waals surface area (Å²) in [4.78, 5) is 13.5. The van der Waals surface area contributed by atoms with Crippen LogP contribution < -0.4 is 0 Å². The third kappa shape index (κ3) is 8.15. The number of benzene rings is 2. The fourth-order valence-corrected chi connectivity index (χ4v) is 4.27. The molecule has 0 aliphatic heterocycles. The number of carbonyl (C=O) groups excluding carboxylic acids is 1. The van der Waals surface area contributed by atoms with E-state index in [2.05, 4.69) is 6.92 Å². The third-order valence-corrected chi connectivity index (χ3v) is 6.42. The van der Waals surface area contributed by atoms with E-state index in [4.69, 9.17) is 0 Å². The van der Waals surface area contributed by atoms with Crippen molar-refractivity contribution in [1.82, 2.24) is 0 Å². The second-order valence-electron chi connectivity index (χ2n) is 7.93. The minimum Gasteiger partial charge on any atom is -0.504 e. The van der Waals surface area contributed by atoms with Crippen molar-refractivity contribution in [3.8, 4) is 23.0 Å². The van der Waals surface area contributed by atoms with Crippen LogP contribution in [0.1, 0.15) is 80.6 Å². The summed E-state index contributed by atoms with van der Waals surface area (Å²) in [6.45, 7) is 2.25. The van der Waals surface area contributed by atoms with Crippen LogP contribution in [0.25, 0.3) is 6.08 Å². The predicted molar refractivity (Wildman–Crippen MR) is 131 cm³/mol. The van der Waals surface area contributed by atoms with Crippen LogP contribution in [0.5, 0.6) is 23.0 Å². The highest BCUT2D eigenvalue weighted by atomic mass is 32.2. The first-order valence-electron chi connectivity index (χ1n) is 11.4. The zero-order chi connectivity index (χ0) is 23.3. The van der Waals surface area contributed by atoms with E-state index in [1.54, 1.807) is 6.08 Å². The van der Waals surface area contributed by atoms with Gasteiger partial charge in [0.15, 0.2) is 17.3 Å². The second-order valence-corrected chi connectivity index (χ2v) is 9.10. The van der Waals surface area contributed by atoms with E-state index in [1.807, 2.05) is 36.0 Å². The first-order chi connectivity index (χ1) is 15.4. The number of hydrogen-bond acceptors (Lipinski definition) is 6. The van der Waals surface area contributed by atoms with Crippen LogP contribution in [0.15, 0.2) is 41.3 Å². The maximum absolute atomic E-state index is 12.3. The Morgan fingerprint density at radius 2 is 1.41 bits per heavy atom. The summed E-state index contributed by atoms with van der Waals surface area (Å²) in [5.41, 5.74) is 0.527. The van der Waals surface area contributed by atoms with Crippen LogP contribution >= 0.6 is 11.8 Å². The monoisotopic (exact) mass is 458 g/mol. The van der Waals surface area contributed by atoms with Crippen molar-refractivity contribution in [2.24, 2.45) is 0 Å². The number of unbranched alkanes of at least 4 members (excludes halogenated alkanes) is 8. The van der Waals surface area contributed by atoms with Crippen LogP contribution in [-0.2, 0) is 0 Å². The molecule has 0 amide bonds. The van der Waals surface area contributed by atoms with E-state index in [0.29, 0.717) is 0 Å². The van der Waals surface area contributed by atoms with Gasteiger partial charge in [-0.1, -0.05) is 76.5 Å². The lowest BCUT2D eigenvalue weighted by molar-refractivity contribution is 0.104. The Hall–Kier alpha value is -2.60. The summed E-state index contributed by atoms with van der Waals surface area (Å²) in [5.74, 6) is -2.73. The molecule has 0 spiro atoms. The fraction of sp³-hybridized carbons (Fsp3) is 0.423. The molecule has 0 unspecified atom stereocenters. The molecule has 2 rings (SSSR count). The van der Waals surface area contributed by atoms with Gasteiger partial charge in [0.05, 0.1) is 5.56 Å². The van der Waals surface area contributed by atoms with E-state index in [9.17, 15) is 25.2 Å². The predicted octanol–water partition coefficient (Wildman–Crippen LogP) is 7.03. The van der Waals surface area contributed by atoms with Crippen LogP contribution in [0.3, 0.4) is 0 Å². The molecule has 32 heavy (non-hydrogen) atoms. The number of phenols is 4. The lowest BCUT2D eigenvalue weighted by Crippen LogP contribution is -1.95. The molecule has 174 valence electrons. The molecule has 0 fully saturated rings. The number of aromatic hydroxyl groups is 4. The minimum atomic E-state index is -0.921. The Morgan fingerprint density at radius 3 is 2.03 bits per heavy atom. The zero-order valence-corrected chi connectivity index (χ0v) is 19.5. The van der Waals surface area contributed by atoms with Gasteiger partial charge in [-0.15, -0.1) is 11.8 Å². The SMILES string of the molecule is CCCCCCCCCCCSc1ccc(C=CC(=O)c2cc(O)c(O)c(O)c2O)cc1. The lowest BCUT2D eigenvalue weighted by Gasteiger charge is -2.07. The Labute approximate surface area is 194 Å². The highest BCUT2D eigenvalue weighted by Crippen LogP contribution is 2.44. The molecule has 0 bridgehead atoms. The molecule has 6 heteroatoms. The quantitative estimate of drug-likeness (QED) is 0.0606. The number of allylic oxidation sites excluding steroid dienone is 1. The first-order valence-corrected chi connectivity index (χ1v) is 12.3. The fourth-order valence-electron chi connectivity index (χ4n) is 3.36. The molecule has 2 aromatic carbocycles. The maximum atomic E-state index is 12.3. The van der Waals surface area contributed by atoms with Crippen molar-refractivity contribution in [3.63, 3.8) is 0 Å². The molecule has 4 N–H and O–H groups in total. The molecule has 0 aromatic heterocycles. The Kier molecular flexibility index (Phi) is 11.0. The Morgan fingerprint density at radius 1 is 0.812 bits per heavy atom. The molecule has 0 radical (unpaired) electrons. The molecular formula is C26H34O5S. The van der Waals surface area contributed by atoms with Gasteiger partial charge in [-0.3, -0.25) is 4.79 Å². The summed E-state index contributed by atoms with van der Waals surface area (Å²) in [5, 5.41) is 38.3. The molecule has 0 saturated carbocycles. The summed E-state index contributed by atoms with van der Waals surface area (Å²) >= 11 is 1.83. The number of hydrogen-bond donors (Lipinski definition) is 4. The third-order valence-electron chi connectivity index (χ3n) is 5.32. The standard InChI is InChI=1S/C26H34O5S/c1-2-3-4-5-6-7-8-9-10-17-32-20-14-11-19(12-15-20)13-16-22(27)21-18-23(28)25(30)26(31)24(21)29/h11-16,18,28-31H,2-10,17H2,1H3. The Balaban J connectivity index is 1.74. The van der Waals surface area contributed by atoms with Gasteiger partial charge in [0.25, 0.3) is 0 Å². The summed E-state index contributed by atoms with van der Waals surface area (Å²) in [6, 6.07) is 8.77. The molecule has 0 atom stereocenters. The number of ketones is 1. The topological polar surface area (TPSA) is 98.0 Å². The van der Waals surface area contributed by atoms with Gasteiger partial charge in [0.1, 0.15) is 0 Å². The summed E-state index contributed by atoms with van der Waals surface area (Å²) < 4.78 is 0. The number of thioether (sulfide) groups is 1. The van der Waals surface area contributed by atoms with Crippen LogP contribution in [0, 0.1) is 0 Å². The number of carbonyl (C=O) groups is 1. The average molecular weight is 459 g/mol. The molecule has 0 heterocycles. The van der Waals surface area contributed by atoms with E-state index in [1.165, 1.54) is 68.8 Å². The van der Waals surface area contributed by atoms with Gasteiger partial charge in [-0.05, 0) is 42.0 Å². The molecule has 2 aromatic rings. The van der Waals surface area contributed by atoms with E-state index in [0.717, 1.165) is 17.4 Å². The van der Waals surface area contributed by atoms with Gasteiger partial charge < -0.3 is 20.4 Å². The molecular weight excluding hydrogens is 424 g/mol. The maximum Gasteiger partial charge on any atom is 0.205 e. The van der Waals surface area contributed by atoms with Gasteiger partial charge >= 0.3 is 0 Å². The summed E-state index contributed by atoms with van der Waals surface area (Å²) in [6.07, 6.45) is 14.8. The van der Waals surface area contributed by atoms with Crippen molar-refractivity contribution < 1.29 is 25.2 Å². The first kappa shape index (κ1) is 25.7. The van der Waals surface area contributed by atoms with Gasteiger partial charge in [-0.2, -0.15) is 0 Å². The molecule has 5 nitrogen and oxygen atoms in total. The zero-order valence-electron chi connectivity index (χ0n) is 18.7. The molecule has 0 aliphatic rings. The second kappa shape index (κ2) is 13.7. The molecule has 0 aliphatic carbocycles. The van der Waals surface area contributed by atoms with Crippen molar-refractivity contribution in [2.45, 2.75) is 69.6 Å². The van der Waals surface area contributed by atoms with Crippen molar-refractivity contribution in [3.05, 3.63) is 47.5 Å². The van der Waals surface area contributed by atoms with Crippen molar-refractivity contribution >= 4 is 23.6 Å². The number of rotatable bonds is 14. The van der Waals surface area contributed by atoms with Crippen LogP contribution in [0.2, 0.25) is 0 Å². The van der Waals surface area contributed by atoms with Crippen LogP contribution in [-0.4, -0.2) is 32.0 Å². The van der Waals surface area contributed by atoms with Crippen molar-refractivity contribution in [1.29, 1.82) is 0 Å². The summed E-state index contributed by atoms with van der Waals surface area (Å²) in [7, 11) is 0. The average Bonchev–Trinajstić information content (AvgIpc) is 2.80. The van der Waals surface area contributed by atoms with Gasteiger partial charge in [0, 0.05) is 4.90 Å². The van der Waals surface area contributed by atoms with E-state index in [-0.39, 0.29) is 5.56 Å². The van der Waals surface area contributed by atoms with Gasteiger partial charge in [0.2, 0.25) is 11.5 Å². The number of phenolic OH excluding ortho intramolecular Hbond substituents is 4. The minimum absolute atomic E-state index is 0.290. The normalized spacial score (nSPS) is 11.3. The highest BCUT2D eigenvalue weighted by Gasteiger charge is 2.19. The van der Waals surface area contributed by atoms with Crippen LogP contribution in [0.4, 0.5) is 0 Å².